The number of hydrogen-bond donors (Lipinski definition) is 3. The molecule has 0 saturated heterocycles. The van der Waals surface area contributed by atoms with Crippen LogP contribution in [0.25, 0.3) is 0 Å². The van der Waals surface area contributed by atoms with E-state index in [4.69, 9.17) is 5.11 Å². The third-order valence-electron chi connectivity index (χ3n) is 3.51. The van der Waals surface area contributed by atoms with Crippen molar-refractivity contribution in [3.63, 3.8) is 0 Å². The predicted molar refractivity (Wildman–Crippen MR) is 91.7 cm³/mol. The molecule has 0 heterocycles. The van der Waals surface area contributed by atoms with E-state index >= 15 is 0 Å². The highest BCUT2D eigenvalue weighted by atomic mass is 16.4. The lowest BCUT2D eigenvalue weighted by Crippen LogP contribution is -2.35. The van der Waals surface area contributed by atoms with Gasteiger partial charge in [-0.3, -0.25) is 4.79 Å². The van der Waals surface area contributed by atoms with Gasteiger partial charge in [-0.2, -0.15) is 0 Å². The third kappa shape index (κ3) is 8.70. The van der Waals surface area contributed by atoms with E-state index in [1.807, 2.05) is 43.3 Å². The molecule has 0 aliphatic heterocycles. The number of unbranched alkanes of at least 4 members (excludes halogenated alkanes) is 3. The van der Waals surface area contributed by atoms with Crippen LogP contribution in [0.2, 0.25) is 0 Å². The maximum Gasteiger partial charge on any atom is 0.315 e. The van der Waals surface area contributed by atoms with Gasteiger partial charge in [-0.1, -0.05) is 25.0 Å². The number of carboxylic acid groups (broad SMARTS) is 1. The zero-order valence-electron chi connectivity index (χ0n) is 14.0. The number of benzene rings is 1. The van der Waals surface area contributed by atoms with Crippen molar-refractivity contribution in [3.8, 4) is 0 Å². The first-order valence-corrected chi connectivity index (χ1v) is 7.99. The van der Waals surface area contributed by atoms with Crippen molar-refractivity contribution in [2.24, 2.45) is 0 Å². The van der Waals surface area contributed by atoms with Crippen LogP contribution in [0.5, 0.6) is 0 Å². The van der Waals surface area contributed by atoms with Gasteiger partial charge in [-0.15, -0.1) is 0 Å². The van der Waals surface area contributed by atoms with Crippen LogP contribution in [0.3, 0.4) is 0 Å². The SMILES string of the molecule is CN(C)c1ccc(CNC(=O)NCCCCCCC(=O)O)cc1. The Labute approximate surface area is 137 Å². The fourth-order valence-corrected chi connectivity index (χ4v) is 2.11. The van der Waals surface area contributed by atoms with E-state index in [1.54, 1.807) is 0 Å². The number of nitrogens with one attached hydrogen (secondary N) is 2. The number of anilines is 1. The van der Waals surface area contributed by atoms with E-state index in [0.717, 1.165) is 30.5 Å². The van der Waals surface area contributed by atoms with E-state index in [1.165, 1.54) is 0 Å². The molecule has 6 nitrogen and oxygen atoms in total. The molecule has 0 aromatic heterocycles. The average molecular weight is 321 g/mol. The molecule has 1 aromatic rings. The summed E-state index contributed by atoms with van der Waals surface area (Å²) < 4.78 is 0. The number of hydrogen-bond acceptors (Lipinski definition) is 3. The van der Waals surface area contributed by atoms with Gasteiger partial charge < -0.3 is 20.6 Å². The van der Waals surface area contributed by atoms with E-state index in [9.17, 15) is 9.59 Å². The Kier molecular flexibility index (Phi) is 8.57. The molecule has 23 heavy (non-hydrogen) atoms. The summed E-state index contributed by atoms with van der Waals surface area (Å²) in [6.07, 6.45) is 3.60. The van der Waals surface area contributed by atoms with E-state index in [0.29, 0.717) is 19.5 Å². The van der Waals surface area contributed by atoms with Crippen molar-refractivity contribution in [2.75, 3.05) is 25.5 Å². The minimum Gasteiger partial charge on any atom is -0.481 e. The molecule has 3 N–H and O–H groups in total. The molecule has 6 heteroatoms. The summed E-state index contributed by atoms with van der Waals surface area (Å²) in [6.45, 7) is 1.11. The minimum atomic E-state index is -0.749. The zero-order chi connectivity index (χ0) is 17.1. The van der Waals surface area contributed by atoms with Gasteiger partial charge in [0, 0.05) is 39.3 Å². The Hall–Kier alpha value is -2.24. The molecule has 0 aliphatic rings. The number of aliphatic carboxylic acids is 1. The highest BCUT2D eigenvalue weighted by Gasteiger charge is 2.01. The Morgan fingerprint density at radius 1 is 1.00 bits per heavy atom. The Bertz CT molecular complexity index is 486. The van der Waals surface area contributed by atoms with Gasteiger partial charge >= 0.3 is 12.0 Å². The third-order valence-corrected chi connectivity index (χ3v) is 3.51. The molecule has 128 valence electrons. The normalized spacial score (nSPS) is 10.2. The number of nitrogens with zero attached hydrogens (tertiary/aromatic N) is 1. The van der Waals surface area contributed by atoms with Crippen molar-refractivity contribution in [3.05, 3.63) is 29.8 Å². The first-order valence-electron chi connectivity index (χ1n) is 7.99. The summed E-state index contributed by atoms with van der Waals surface area (Å²) in [5, 5.41) is 14.1. The lowest BCUT2D eigenvalue weighted by molar-refractivity contribution is -0.137. The predicted octanol–water partition coefficient (Wildman–Crippen LogP) is 2.59. The first-order chi connectivity index (χ1) is 11.0. The molecule has 0 saturated carbocycles. The number of urea groups is 1. The topological polar surface area (TPSA) is 81.7 Å². The van der Waals surface area contributed by atoms with Gasteiger partial charge in [-0.25, -0.2) is 4.79 Å². The van der Waals surface area contributed by atoms with Gasteiger partial charge in [0.15, 0.2) is 0 Å². The lowest BCUT2D eigenvalue weighted by Gasteiger charge is -2.13. The molecule has 1 aromatic carbocycles. The quantitative estimate of drug-likeness (QED) is 0.579. The summed E-state index contributed by atoms with van der Waals surface area (Å²) in [5.74, 6) is -0.749. The summed E-state index contributed by atoms with van der Waals surface area (Å²) in [4.78, 5) is 24.0. The molecule has 0 bridgehead atoms. The van der Waals surface area contributed by atoms with Crippen LogP contribution in [-0.2, 0) is 11.3 Å². The van der Waals surface area contributed by atoms with E-state index in [-0.39, 0.29) is 12.5 Å². The first kappa shape index (κ1) is 18.8. The fraction of sp³-hybridized carbons (Fsp3) is 0.529. The molecular formula is C17H27N3O3. The molecule has 0 atom stereocenters. The summed E-state index contributed by atoms with van der Waals surface area (Å²) in [6, 6.07) is 7.86. The largest absolute Gasteiger partial charge is 0.481 e. The number of carbonyl (C=O) groups is 2. The van der Waals surface area contributed by atoms with Crippen LogP contribution in [0.1, 0.15) is 37.7 Å². The average Bonchev–Trinajstić information content (AvgIpc) is 2.52. The van der Waals surface area contributed by atoms with Crippen LogP contribution in [0, 0.1) is 0 Å². The maximum atomic E-state index is 11.7. The molecule has 0 fully saturated rings. The second kappa shape index (κ2) is 10.5. The monoisotopic (exact) mass is 321 g/mol. The van der Waals surface area contributed by atoms with Gasteiger partial charge in [0.25, 0.3) is 0 Å². The van der Waals surface area contributed by atoms with Crippen LogP contribution in [-0.4, -0.2) is 37.7 Å². The second-order valence-corrected chi connectivity index (χ2v) is 5.73. The highest BCUT2D eigenvalue weighted by Crippen LogP contribution is 2.11. The highest BCUT2D eigenvalue weighted by molar-refractivity contribution is 5.73. The molecule has 0 aliphatic carbocycles. The number of rotatable bonds is 10. The Balaban J connectivity index is 2.09. The minimum absolute atomic E-state index is 0.174. The molecule has 2 amide bonds. The standard InChI is InChI=1S/C17H27N3O3/c1-20(2)15-10-8-14(9-11-15)13-19-17(23)18-12-6-4-3-5-7-16(21)22/h8-11H,3-7,12-13H2,1-2H3,(H,21,22)(H2,18,19,23). The molecular weight excluding hydrogens is 294 g/mol. The number of amides is 2. The van der Waals surface area contributed by atoms with Gasteiger partial charge in [0.1, 0.15) is 0 Å². The fourth-order valence-electron chi connectivity index (χ4n) is 2.11. The van der Waals surface area contributed by atoms with E-state index < -0.39 is 5.97 Å². The lowest BCUT2D eigenvalue weighted by atomic mass is 10.1. The van der Waals surface area contributed by atoms with Crippen LogP contribution < -0.4 is 15.5 Å². The van der Waals surface area contributed by atoms with Crippen molar-refractivity contribution in [2.45, 2.75) is 38.6 Å². The maximum absolute atomic E-state index is 11.7. The van der Waals surface area contributed by atoms with Gasteiger partial charge in [0.2, 0.25) is 0 Å². The molecule has 0 spiro atoms. The zero-order valence-corrected chi connectivity index (χ0v) is 14.0. The van der Waals surface area contributed by atoms with Gasteiger partial charge in [0.05, 0.1) is 0 Å². The van der Waals surface area contributed by atoms with Gasteiger partial charge in [-0.05, 0) is 30.5 Å². The Morgan fingerprint density at radius 2 is 1.65 bits per heavy atom. The van der Waals surface area contributed by atoms with Crippen molar-refractivity contribution in [1.82, 2.24) is 10.6 Å². The molecule has 1 rings (SSSR count). The van der Waals surface area contributed by atoms with Crippen molar-refractivity contribution in [1.29, 1.82) is 0 Å². The summed E-state index contributed by atoms with van der Waals surface area (Å²) in [7, 11) is 3.98. The van der Waals surface area contributed by atoms with Crippen LogP contribution in [0.15, 0.2) is 24.3 Å². The van der Waals surface area contributed by atoms with Crippen LogP contribution >= 0.6 is 0 Å². The van der Waals surface area contributed by atoms with E-state index in [2.05, 4.69) is 10.6 Å². The summed E-state index contributed by atoms with van der Waals surface area (Å²) in [5.41, 5.74) is 2.18. The Morgan fingerprint density at radius 3 is 2.26 bits per heavy atom. The van der Waals surface area contributed by atoms with Crippen LogP contribution in [0.4, 0.5) is 10.5 Å². The summed E-state index contributed by atoms with van der Waals surface area (Å²) >= 11 is 0. The number of carboxylic acids is 1. The number of carbonyl (C=O) groups excluding carboxylic acids is 1. The second-order valence-electron chi connectivity index (χ2n) is 5.73. The molecule has 0 unspecified atom stereocenters. The molecule has 0 radical (unpaired) electrons. The van der Waals surface area contributed by atoms with Crippen molar-refractivity contribution < 1.29 is 14.7 Å². The smallest absolute Gasteiger partial charge is 0.315 e. The van der Waals surface area contributed by atoms with Crippen molar-refractivity contribution >= 4 is 17.7 Å².